The molecule has 1 unspecified atom stereocenters. The minimum absolute atomic E-state index is 0.216. The molecule has 190 valence electrons. The number of alkyl halides is 1. The number of nitrogens with two attached hydrogens (primary N) is 1. The number of aromatic nitrogens is 4. The molecule has 1 aromatic carbocycles. The molecule has 0 spiro atoms. The first-order chi connectivity index (χ1) is 18.0. The molecular weight excluding hydrogens is 499 g/mol. The Bertz CT molecular complexity index is 1510. The van der Waals surface area contributed by atoms with E-state index in [1.165, 1.54) is 22.9 Å². The van der Waals surface area contributed by atoms with Crippen LogP contribution in [0.5, 0.6) is 11.6 Å². The average molecular weight is 523 g/mol. The van der Waals surface area contributed by atoms with E-state index >= 15 is 0 Å². The minimum Gasteiger partial charge on any atom is -0.439 e. The molecule has 0 saturated carbocycles. The lowest BCUT2D eigenvalue weighted by Gasteiger charge is -2.32. The van der Waals surface area contributed by atoms with E-state index in [0.29, 0.717) is 59.3 Å². The summed E-state index contributed by atoms with van der Waals surface area (Å²) in [7, 11) is 0. The molecule has 1 aliphatic heterocycles. The van der Waals surface area contributed by atoms with Crippen molar-refractivity contribution >= 4 is 34.4 Å². The molecule has 1 atom stereocenters. The zero-order valence-corrected chi connectivity index (χ0v) is 20.5. The van der Waals surface area contributed by atoms with Gasteiger partial charge in [0.25, 0.3) is 0 Å². The first kappa shape index (κ1) is 24.5. The Hall–Kier alpha value is -4.18. The van der Waals surface area contributed by atoms with Crippen LogP contribution in [-0.4, -0.2) is 49.7 Å². The number of rotatable bonds is 6. The number of carbonyl (C=O) groups is 1. The summed E-state index contributed by atoms with van der Waals surface area (Å²) in [6, 6.07) is 11.8. The number of halogens is 2. The molecule has 2 N–H and O–H groups in total. The van der Waals surface area contributed by atoms with Crippen molar-refractivity contribution < 1.29 is 13.9 Å². The monoisotopic (exact) mass is 522 g/mol. The molecule has 0 radical (unpaired) electrons. The van der Waals surface area contributed by atoms with Crippen LogP contribution in [0.3, 0.4) is 0 Å². The molecule has 5 rings (SSSR count). The largest absolute Gasteiger partial charge is 0.439 e. The summed E-state index contributed by atoms with van der Waals surface area (Å²) in [5.74, 6) is 0.862. The van der Waals surface area contributed by atoms with E-state index in [0.717, 1.165) is 0 Å². The van der Waals surface area contributed by atoms with Gasteiger partial charge >= 0.3 is 5.69 Å². The summed E-state index contributed by atoms with van der Waals surface area (Å²) in [5.41, 5.74) is 7.65. The van der Waals surface area contributed by atoms with Crippen LogP contribution < -0.4 is 16.2 Å². The van der Waals surface area contributed by atoms with Gasteiger partial charge in [-0.3, -0.25) is 13.9 Å². The first-order valence-corrected chi connectivity index (χ1v) is 12.1. The molecule has 1 amide bonds. The predicted molar refractivity (Wildman–Crippen MR) is 139 cm³/mol. The standard InChI is InChI=1S/C26H24ClFN6O3/c27-17-5-10-22(31-15-17)37-20-8-6-18(7-9-20)34-24-21(11-13-30-25(24)29)33(26(34)36)19-3-2-14-32(16-19)23(35)4-1-12-28/h1,4-11,13,15,19H,2-3,12,14,16H2,(H2,29,30)/b4-1+. The third-order valence-corrected chi connectivity index (χ3v) is 6.48. The number of nitrogens with zero attached hydrogens (tertiary/aromatic N) is 5. The van der Waals surface area contributed by atoms with E-state index in [2.05, 4.69) is 9.97 Å². The van der Waals surface area contributed by atoms with Crippen LogP contribution in [0.2, 0.25) is 5.02 Å². The number of allylic oxidation sites excluding steroid dienone is 1. The lowest BCUT2D eigenvalue weighted by molar-refractivity contribution is -0.127. The Morgan fingerprint density at radius 2 is 2.00 bits per heavy atom. The highest BCUT2D eigenvalue weighted by molar-refractivity contribution is 6.30. The summed E-state index contributed by atoms with van der Waals surface area (Å²) in [6.45, 7) is 0.173. The van der Waals surface area contributed by atoms with Gasteiger partial charge in [0.15, 0.2) is 0 Å². The minimum atomic E-state index is -0.706. The van der Waals surface area contributed by atoms with E-state index < -0.39 is 6.67 Å². The van der Waals surface area contributed by atoms with Gasteiger partial charge in [0.05, 0.1) is 22.3 Å². The Morgan fingerprint density at radius 1 is 1.19 bits per heavy atom. The highest BCUT2D eigenvalue weighted by Gasteiger charge is 2.28. The SMILES string of the molecule is Nc1nccc2c1n(-c1ccc(Oc3ccc(Cl)cn3)cc1)c(=O)n2C1CCCN(C(=O)/C=C/CF)C1. The Morgan fingerprint density at radius 3 is 2.73 bits per heavy atom. The second-order valence-corrected chi connectivity index (χ2v) is 9.04. The molecule has 0 aliphatic carbocycles. The third-order valence-electron chi connectivity index (χ3n) is 6.25. The van der Waals surface area contributed by atoms with Gasteiger partial charge in [-0.25, -0.2) is 19.2 Å². The topological polar surface area (TPSA) is 108 Å². The number of ether oxygens (including phenoxy) is 1. The Labute approximate surface area is 216 Å². The number of hydrogen-bond acceptors (Lipinski definition) is 6. The summed E-state index contributed by atoms with van der Waals surface area (Å²) in [4.78, 5) is 36.2. The van der Waals surface area contributed by atoms with E-state index in [-0.39, 0.29) is 23.5 Å². The van der Waals surface area contributed by atoms with Crippen molar-refractivity contribution in [1.29, 1.82) is 0 Å². The van der Waals surface area contributed by atoms with Crippen LogP contribution in [0.4, 0.5) is 10.2 Å². The molecule has 4 aromatic rings. The average Bonchev–Trinajstić information content (AvgIpc) is 3.22. The molecule has 1 aliphatic rings. The second-order valence-electron chi connectivity index (χ2n) is 8.60. The fourth-order valence-electron chi connectivity index (χ4n) is 4.60. The summed E-state index contributed by atoms with van der Waals surface area (Å²) in [5, 5.41) is 0.506. The quantitative estimate of drug-likeness (QED) is 0.378. The van der Waals surface area contributed by atoms with Crippen LogP contribution in [0.15, 0.2) is 71.8 Å². The van der Waals surface area contributed by atoms with Gasteiger partial charge in [-0.2, -0.15) is 0 Å². The van der Waals surface area contributed by atoms with Gasteiger partial charge in [-0.1, -0.05) is 11.6 Å². The number of pyridine rings is 2. The maximum absolute atomic E-state index is 13.8. The molecular formula is C26H24ClFN6O3. The molecule has 3 aromatic heterocycles. The van der Waals surface area contributed by atoms with Gasteiger partial charge in [-0.05, 0) is 55.3 Å². The van der Waals surface area contributed by atoms with Crippen molar-refractivity contribution in [3.05, 3.63) is 82.5 Å². The second kappa shape index (κ2) is 10.4. The zero-order chi connectivity index (χ0) is 25.9. The number of likely N-dealkylation sites (tertiary alicyclic amines) is 1. The van der Waals surface area contributed by atoms with Crippen LogP contribution in [-0.2, 0) is 4.79 Å². The molecule has 11 heteroatoms. The number of imidazole rings is 1. The van der Waals surface area contributed by atoms with Gasteiger partial charge in [-0.15, -0.1) is 0 Å². The fraction of sp³-hybridized carbons (Fsp3) is 0.231. The number of anilines is 1. The number of piperidine rings is 1. The van der Waals surface area contributed by atoms with E-state index in [9.17, 15) is 14.0 Å². The highest BCUT2D eigenvalue weighted by atomic mass is 35.5. The van der Waals surface area contributed by atoms with Crippen molar-refractivity contribution in [2.45, 2.75) is 18.9 Å². The van der Waals surface area contributed by atoms with E-state index in [1.807, 2.05) is 0 Å². The molecule has 4 heterocycles. The third kappa shape index (κ3) is 4.92. The van der Waals surface area contributed by atoms with Crippen LogP contribution in [0.25, 0.3) is 16.7 Å². The number of hydrogen-bond donors (Lipinski definition) is 1. The summed E-state index contributed by atoms with van der Waals surface area (Å²) >= 11 is 5.88. The van der Waals surface area contributed by atoms with Gasteiger partial charge in [0, 0.05) is 37.6 Å². The lowest BCUT2D eigenvalue weighted by Crippen LogP contribution is -2.42. The van der Waals surface area contributed by atoms with E-state index in [4.69, 9.17) is 22.1 Å². The number of nitrogen functional groups attached to an aromatic ring is 1. The number of fused-ring (bicyclic) bond motifs is 1. The van der Waals surface area contributed by atoms with Crippen molar-refractivity contribution in [3.8, 4) is 17.3 Å². The summed E-state index contributed by atoms with van der Waals surface area (Å²) < 4.78 is 21.5. The van der Waals surface area contributed by atoms with E-state index in [1.54, 1.807) is 58.1 Å². The Balaban J connectivity index is 1.51. The number of amides is 1. The van der Waals surface area contributed by atoms with Gasteiger partial charge < -0.3 is 15.4 Å². The highest BCUT2D eigenvalue weighted by Crippen LogP contribution is 2.29. The predicted octanol–water partition coefficient (Wildman–Crippen LogP) is 4.30. The summed E-state index contributed by atoms with van der Waals surface area (Å²) in [6.07, 6.45) is 6.89. The fourth-order valence-corrected chi connectivity index (χ4v) is 4.72. The number of benzene rings is 1. The smallest absolute Gasteiger partial charge is 0.334 e. The lowest BCUT2D eigenvalue weighted by atomic mass is 10.1. The molecule has 9 nitrogen and oxygen atoms in total. The van der Waals surface area contributed by atoms with Crippen LogP contribution >= 0.6 is 11.6 Å². The zero-order valence-electron chi connectivity index (χ0n) is 19.8. The van der Waals surface area contributed by atoms with Crippen molar-refractivity contribution in [2.75, 3.05) is 25.5 Å². The first-order valence-electron chi connectivity index (χ1n) is 11.7. The van der Waals surface area contributed by atoms with Gasteiger partial charge in [0.1, 0.15) is 23.8 Å². The normalized spacial score (nSPS) is 15.9. The molecule has 37 heavy (non-hydrogen) atoms. The Kier molecular flexibility index (Phi) is 6.91. The molecule has 1 fully saturated rings. The van der Waals surface area contributed by atoms with Crippen molar-refractivity contribution in [3.63, 3.8) is 0 Å². The number of carbonyl (C=O) groups excluding carboxylic acids is 1. The van der Waals surface area contributed by atoms with Crippen LogP contribution in [0, 0.1) is 0 Å². The maximum atomic E-state index is 13.8. The van der Waals surface area contributed by atoms with Crippen LogP contribution in [0.1, 0.15) is 18.9 Å². The molecule has 1 saturated heterocycles. The van der Waals surface area contributed by atoms with Crippen molar-refractivity contribution in [2.24, 2.45) is 0 Å². The van der Waals surface area contributed by atoms with Gasteiger partial charge in [0.2, 0.25) is 11.8 Å². The molecule has 0 bridgehead atoms. The van der Waals surface area contributed by atoms with Crippen molar-refractivity contribution in [1.82, 2.24) is 24.0 Å². The maximum Gasteiger partial charge on any atom is 0.334 e.